The number of nitrogens with zero attached hydrogens (tertiary/aromatic N) is 3. The molecule has 0 radical (unpaired) electrons. The Hall–Kier alpha value is -3.01. The molecule has 6 nitrogen and oxygen atoms in total. The minimum absolute atomic E-state index is 0.595. The number of nitrogens with two attached hydrogens (primary N) is 1. The molecular weight excluding hydrogens is 410 g/mol. The van der Waals surface area contributed by atoms with E-state index in [1.807, 2.05) is 18.2 Å². The van der Waals surface area contributed by atoms with Gasteiger partial charge in [-0.25, -0.2) is 0 Å². The van der Waals surface area contributed by atoms with Crippen molar-refractivity contribution in [2.45, 2.75) is 31.6 Å². The molecule has 0 aliphatic carbocycles. The summed E-state index contributed by atoms with van der Waals surface area (Å²) in [6, 6.07) is 14.6. The number of likely N-dealkylation sites (tertiary alicyclic amines) is 1. The van der Waals surface area contributed by atoms with Crippen LogP contribution in [0.2, 0.25) is 0 Å². The molecule has 3 aromatic rings. The maximum atomic E-state index is 9.20. The van der Waals surface area contributed by atoms with Crippen LogP contribution in [-0.4, -0.2) is 55.8 Å². The topological polar surface area (TPSA) is 81.3 Å². The summed E-state index contributed by atoms with van der Waals surface area (Å²) in [7, 11) is 0. The molecule has 0 bridgehead atoms. The fourth-order valence-electron chi connectivity index (χ4n) is 5.40. The van der Waals surface area contributed by atoms with Crippen LogP contribution in [0.5, 0.6) is 0 Å². The molecule has 0 unspecified atom stereocenters. The van der Waals surface area contributed by atoms with E-state index < -0.39 is 0 Å². The second-order valence-electron chi connectivity index (χ2n) is 9.32. The number of piperidine rings is 1. The normalized spacial score (nSPS) is 18.0. The van der Waals surface area contributed by atoms with Crippen LogP contribution < -0.4 is 10.6 Å². The molecule has 0 atom stereocenters. The molecule has 2 aliphatic rings. The summed E-state index contributed by atoms with van der Waals surface area (Å²) < 4.78 is 5.55. The van der Waals surface area contributed by atoms with E-state index in [0.717, 1.165) is 75.5 Å². The molecule has 2 aliphatic heterocycles. The molecule has 0 amide bonds. The SMILES string of the molecule is N#Cc1ccc2[nH]cc(CCCN3CCC(c4ccc(N)cc4N4CCOCC4)CC3)c2c1. The highest BCUT2D eigenvalue weighted by Gasteiger charge is 2.25. The lowest BCUT2D eigenvalue weighted by atomic mass is 9.87. The highest BCUT2D eigenvalue weighted by Crippen LogP contribution is 2.36. The summed E-state index contributed by atoms with van der Waals surface area (Å²) in [6.07, 6.45) is 6.66. The Balaban J connectivity index is 1.17. The maximum Gasteiger partial charge on any atom is 0.0991 e. The van der Waals surface area contributed by atoms with Crippen LogP contribution in [0.15, 0.2) is 42.6 Å². The molecule has 2 fully saturated rings. The summed E-state index contributed by atoms with van der Waals surface area (Å²) in [4.78, 5) is 8.40. The lowest BCUT2D eigenvalue weighted by Crippen LogP contribution is -2.38. The van der Waals surface area contributed by atoms with E-state index in [1.165, 1.54) is 35.0 Å². The van der Waals surface area contributed by atoms with E-state index in [1.54, 1.807) is 0 Å². The standard InChI is InChI=1S/C27H33N5O/c28-18-20-3-6-26-25(16-20)22(19-30-26)2-1-9-31-10-7-21(8-11-31)24-5-4-23(29)17-27(24)32-12-14-33-15-13-32/h3-6,16-17,19,21,30H,1-2,7-15,29H2. The third kappa shape index (κ3) is 4.85. The number of fused-ring (bicyclic) bond motifs is 1. The first-order valence-electron chi connectivity index (χ1n) is 12.2. The lowest BCUT2D eigenvalue weighted by Gasteiger charge is -2.36. The molecule has 2 aromatic carbocycles. The fourth-order valence-corrected chi connectivity index (χ4v) is 5.40. The predicted molar refractivity (Wildman–Crippen MR) is 134 cm³/mol. The first kappa shape index (κ1) is 21.8. The third-order valence-electron chi connectivity index (χ3n) is 7.25. The van der Waals surface area contributed by atoms with Crippen LogP contribution in [0.4, 0.5) is 11.4 Å². The van der Waals surface area contributed by atoms with Gasteiger partial charge in [0.2, 0.25) is 0 Å². The summed E-state index contributed by atoms with van der Waals surface area (Å²) in [6.45, 7) is 6.88. The van der Waals surface area contributed by atoms with E-state index in [0.29, 0.717) is 5.92 Å². The summed E-state index contributed by atoms with van der Waals surface area (Å²) in [5.41, 5.74) is 12.9. The van der Waals surface area contributed by atoms with Gasteiger partial charge in [0.05, 0.1) is 24.8 Å². The van der Waals surface area contributed by atoms with Gasteiger partial charge in [-0.1, -0.05) is 6.07 Å². The molecule has 3 N–H and O–H groups in total. The zero-order chi connectivity index (χ0) is 22.6. The number of aromatic amines is 1. The van der Waals surface area contributed by atoms with Crippen LogP contribution >= 0.6 is 0 Å². The number of H-pyrrole nitrogens is 1. The number of morpholine rings is 1. The number of hydrogen-bond donors (Lipinski definition) is 2. The molecule has 0 spiro atoms. The molecular formula is C27H33N5O. The second kappa shape index (κ2) is 9.86. The Bertz CT molecular complexity index is 1130. The van der Waals surface area contributed by atoms with E-state index >= 15 is 0 Å². The average molecular weight is 444 g/mol. The van der Waals surface area contributed by atoms with E-state index in [-0.39, 0.29) is 0 Å². The number of ether oxygens (including phenoxy) is 1. The highest BCUT2D eigenvalue weighted by atomic mass is 16.5. The van der Waals surface area contributed by atoms with E-state index in [2.05, 4.69) is 45.2 Å². The van der Waals surface area contributed by atoms with Crippen molar-refractivity contribution in [2.75, 3.05) is 56.6 Å². The number of hydrogen-bond acceptors (Lipinski definition) is 5. The van der Waals surface area contributed by atoms with Gasteiger partial charge in [-0.05, 0) is 92.7 Å². The van der Waals surface area contributed by atoms with Crippen molar-refractivity contribution in [3.05, 3.63) is 59.3 Å². The van der Waals surface area contributed by atoms with Crippen molar-refractivity contribution >= 4 is 22.3 Å². The molecule has 172 valence electrons. The number of nitrogen functional groups attached to an aromatic ring is 1. The zero-order valence-electron chi connectivity index (χ0n) is 19.2. The van der Waals surface area contributed by atoms with Gasteiger partial charge in [0.1, 0.15) is 0 Å². The molecule has 3 heterocycles. The van der Waals surface area contributed by atoms with Crippen LogP contribution in [-0.2, 0) is 11.2 Å². The molecule has 1 aromatic heterocycles. The number of benzene rings is 2. The van der Waals surface area contributed by atoms with Gasteiger partial charge in [0.25, 0.3) is 0 Å². The van der Waals surface area contributed by atoms with E-state index in [9.17, 15) is 5.26 Å². The van der Waals surface area contributed by atoms with Gasteiger partial charge in [-0.3, -0.25) is 0 Å². The molecule has 2 saturated heterocycles. The van der Waals surface area contributed by atoms with Gasteiger partial charge in [0, 0.05) is 41.6 Å². The van der Waals surface area contributed by atoms with Crippen LogP contribution in [0.25, 0.3) is 10.9 Å². The fraction of sp³-hybridized carbons (Fsp3) is 0.444. The number of rotatable bonds is 6. The zero-order valence-corrected chi connectivity index (χ0v) is 19.2. The quantitative estimate of drug-likeness (QED) is 0.556. The Labute approximate surface area is 195 Å². The maximum absolute atomic E-state index is 9.20. The van der Waals surface area contributed by atoms with Crippen LogP contribution in [0.1, 0.15) is 41.9 Å². The van der Waals surface area contributed by atoms with Crippen molar-refractivity contribution in [3.63, 3.8) is 0 Å². The largest absolute Gasteiger partial charge is 0.399 e. The second-order valence-corrected chi connectivity index (χ2v) is 9.32. The number of anilines is 2. The monoisotopic (exact) mass is 443 g/mol. The average Bonchev–Trinajstić information content (AvgIpc) is 3.27. The number of nitriles is 1. The van der Waals surface area contributed by atoms with Crippen molar-refractivity contribution in [3.8, 4) is 6.07 Å². The van der Waals surface area contributed by atoms with Crippen molar-refractivity contribution in [2.24, 2.45) is 0 Å². The van der Waals surface area contributed by atoms with Crippen molar-refractivity contribution in [1.82, 2.24) is 9.88 Å². The Morgan fingerprint density at radius 2 is 1.88 bits per heavy atom. The van der Waals surface area contributed by atoms with Crippen molar-refractivity contribution in [1.29, 1.82) is 5.26 Å². The minimum Gasteiger partial charge on any atom is -0.399 e. The smallest absolute Gasteiger partial charge is 0.0991 e. The summed E-state index contributed by atoms with van der Waals surface area (Å²) >= 11 is 0. The van der Waals surface area contributed by atoms with Gasteiger partial charge in [0.15, 0.2) is 0 Å². The third-order valence-corrected chi connectivity index (χ3v) is 7.25. The first-order chi connectivity index (χ1) is 16.2. The number of aromatic nitrogens is 1. The molecule has 0 saturated carbocycles. The minimum atomic E-state index is 0.595. The van der Waals surface area contributed by atoms with E-state index in [4.69, 9.17) is 10.5 Å². The van der Waals surface area contributed by atoms with Gasteiger partial charge in [-0.15, -0.1) is 0 Å². The van der Waals surface area contributed by atoms with Gasteiger partial charge >= 0.3 is 0 Å². The predicted octanol–water partition coefficient (Wildman–Crippen LogP) is 4.27. The van der Waals surface area contributed by atoms with Crippen LogP contribution in [0.3, 0.4) is 0 Å². The molecule has 5 rings (SSSR count). The van der Waals surface area contributed by atoms with Crippen molar-refractivity contribution < 1.29 is 4.74 Å². The van der Waals surface area contributed by atoms with Gasteiger partial charge < -0.3 is 25.3 Å². The summed E-state index contributed by atoms with van der Waals surface area (Å²) in [5, 5.41) is 10.4. The van der Waals surface area contributed by atoms with Crippen LogP contribution in [0, 0.1) is 11.3 Å². The summed E-state index contributed by atoms with van der Waals surface area (Å²) in [5.74, 6) is 0.595. The molecule has 33 heavy (non-hydrogen) atoms. The Morgan fingerprint density at radius 3 is 2.67 bits per heavy atom. The lowest BCUT2D eigenvalue weighted by molar-refractivity contribution is 0.122. The number of nitrogens with one attached hydrogen (secondary N) is 1. The first-order valence-corrected chi connectivity index (χ1v) is 12.2. The highest BCUT2D eigenvalue weighted by molar-refractivity contribution is 5.84. The Morgan fingerprint density at radius 1 is 1.06 bits per heavy atom. The van der Waals surface area contributed by atoms with Gasteiger partial charge in [-0.2, -0.15) is 5.26 Å². The number of aryl methyl sites for hydroxylation is 1. The Kier molecular flexibility index (Phi) is 6.52. The molecule has 6 heteroatoms.